The first-order valence-corrected chi connectivity index (χ1v) is 19.7. The van der Waals surface area contributed by atoms with Crippen molar-refractivity contribution in [1.29, 1.82) is 0 Å². The van der Waals surface area contributed by atoms with Gasteiger partial charge in [0.1, 0.15) is 17.4 Å². The number of rotatable bonds is 8. The molecule has 58 heavy (non-hydrogen) atoms. The van der Waals surface area contributed by atoms with Gasteiger partial charge in [0.15, 0.2) is 0 Å². The van der Waals surface area contributed by atoms with Gasteiger partial charge in [0.2, 0.25) is 11.8 Å². The number of hydrogen-bond donors (Lipinski definition) is 3. The summed E-state index contributed by atoms with van der Waals surface area (Å²) in [7, 11) is 1.73. The number of imidazole rings is 1. The highest BCUT2D eigenvalue weighted by molar-refractivity contribution is 6.04. The van der Waals surface area contributed by atoms with Crippen LogP contribution in [0.25, 0.3) is 21.9 Å². The number of pyridine rings is 1. The molecule has 1 atom stereocenters. The van der Waals surface area contributed by atoms with Gasteiger partial charge < -0.3 is 15.3 Å². The molecule has 3 aromatic heterocycles. The molecular weight excluding hydrogens is 756 g/mol. The van der Waals surface area contributed by atoms with Crippen molar-refractivity contribution in [3.63, 3.8) is 0 Å². The van der Waals surface area contributed by atoms with Crippen LogP contribution in [-0.4, -0.2) is 84.4 Å². The monoisotopic (exact) mass is 801 g/mol. The summed E-state index contributed by atoms with van der Waals surface area (Å²) in [6.07, 6.45) is 1.61. The molecule has 3 amide bonds. The Morgan fingerprint density at radius 1 is 0.966 bits per heavy atom. The lowest BCUT2D eigenvalue weighted by molar-refractivity contribution is -0.141. The van der Waals surface area contributed by atoms with E-state index in [2.05, 4.69) is 25.4 Å². The normalized spacial score (nSPS) is 21.2. The van der Waals surface area contributed by atoms with E-state index in [1.165, 1.54) is 10.6 Å². The molecule has 1 saturated carbocycles. The second kappa shape index (κ2) is 15.0. The first-order chi connectivity index (χ1) is 27.5. The number of carbonyl (C=O) groups is 3. The highest BCUT2D eigenvalue weighted by atomic mass is 19.4. The van der Waals surface area contributed by atoms with E-state index < -0.39 is 41.0 Å². The molecular formula is C41H46F3N9O5. The molecule has 8 rings (SSSR count). The van der Waals surface area contributed by atoms with Crippen molar-refractivity contribution in [1.82, 2.24) is 34.1 Å². The lowest BCUT2D eigenvalue weighted by Crippen LogP contribution is -2.48. The molecule has 2 saturated heterocycles. The number of aromatic nitrogens is 5. The van der Waals surface area contributed by atoms with Crippen LogP contribution in [0.5, 0.6) is 0 Å². The molecule has 14 nitrogen and oxygen atoms in total. The van der Waals surface area contributed by atoms with E-state index in [1.54, 1.807) is 37.6 Å². The maximum absolute atomic E-state index is 13.4. The minimum absolute atomic E-state index is 0.165. The van der Waals surface area contributed by atoms with E-state index in [0.717, 1.165) is 87.1 Å². The molecule has 3 aliphatic rings. The van der Waals surface area contributed by atoms with E-state index >= 15 is 0 Å². The van der Waals surface area contributed by atoms with Crippen LogP contribution in [0.2, 0.25) is 0 Å². The molecule has 3 N–H and O–H groups in total. The summed E-state index contributed by atoms with van der Waals surface area (Å²) < 4.78 is 44.9. The highest BCUT2D eigenvalue weighted by Gasteiger charge is 2.35. The van der Waals surface area contributed by atoms with Crippen LogP contribution in [0.15, 0.2) is 59.5 Å². The maximum Gasteiger partial charge on any atom is 0.433 e. The average Bonchev–Trinajstić information content (AvgIpc) is 3.72. The summed E-state index contributed by atoms with van der Waals surface area (Å²) in [5.41, 5.74) is 0.453. The zero-order valence-electron chi connectivity index (χ0n) is 32.6. The number of carbonyl (C=O) groups excluding carboxylic acids is 3. The van der Waals surface area contributed by atoms with Crippen molar-refractivity contribution in [3.05, 3.63) is 82.2 Å². The molecule has 0 radical (unpaired) electrons. The number of piperazine rings is 1. The molecule has 5 heterocycles. The van der Waals surface area contributed by atoms with Crippen LogP contribution in [0.1, 0.15) is 86.2 Å². The van der Waals surface area contributed by atoms with Crippen LogP contribution in [0, 0.1) is 5.92 Å². The zero-order chi connectivity index (χ0) is 41.1. The third-order valence-electron chi connectivity index (χ3n) is 11.9. The lowest BCUT2D eigenvalue weighted by Gasteiger charge is -2.39. The van der Waals surface area contributed by atoms with Crippen LogP contribution < -0.4 is 21.2 Å². The summed E-state index contributed by atoms with van der Waals surface area (Å²) in [5, 5.41) is 21.6. The number of hydrogen-bond acceptors (Lipinski definition) is 9. The number of aliphatic hydroxyl groups is 1. The maximum atomic E-state index is 13.4. The Balaban J connectivity index is 0.897. The first-order valence-electron chi connectivity index (χ1n) is 19.7. The zero-order valence-corrected chi connectivity index (χ0v) is 32.6. The lowest BCUT2D eigenvalue weighted by atomic mass is 9.85. The Kier molecular flexibility index (Phi) is 10.2. The fraction of sp³-hybridized carbons (Fsp3) is 0.463. The number of fused-ring (bicyclic) bond motifs is 2. The second-order valence-corrected chi connectivity index (χ2v) is 16.3. The Morgan fingerprint density at radius 3 is 2.38 bits per heavy atom. The molecule has 3 fully saturated rings. The number of nitrogens with zero attached hydrogens (tertiary/aromatic N) is 7. The third-order valence-corrected chi connectivity index (χ3v) is 11.9. The molecule has 306 valence electrons. The molecule has 2 aliphatic heterocycles. The van der Waals surface area contributed by atoms with E-state index in [-0.39, 0.29) is 36.2 Å². The first kappa shape index (κ1) is 39.3. The summed E-state index contributed by atoms with van der Waals surface area (Å²) in [4.78, 5) is 59.3. The summed E-state index contributed by atoms with van der Waals surface area (Å²) in [6.45, 7) is 7.43. The number of amides is 3. The second-order valence-electron chi connectivity index (χ2n) is 16.3. The van der Waals surface area contributed by atoms with Gasteiger partial charge in [-0.05, 0) is 88.3 Å². The van der Waals surface area contributed by atoms with Crippen LogP contribution in [-0.2, 0) is 28.4 Å². The van der Waals surface area contributed by atoms with Gasteiger partial charge in [-0.1, -0.05) is 12.1 Å². The van der Waals surface area contributed by atoms with Crippen molar-refractivity contribution in [3.8, 4) is 0 Å². The van der Waals surface area contributed by atoms with Gasteiger partial charge in [0.05, 0.1) is 33.9 Å². The van der Waals surface area contributed by atoms with Crippen molar-refractivity contribution >= 4 is 51.0 Å². The largest absolute Gasteiger partial charge is 0.433 e. The molecule has 2 aromatic carbocycles. The number of anilines is 2. The van der Waals surface area contributed by atoms with Gasteiger partial charge in [-0.25, -0.2) is 9.78 Å². The number of para-hydroxylation sites is 1. The Bertz CT molecular complexity index is 2470. The van der Waals surface area contributed by atoms with E-state index in [9.17, 15) is 37.5 Å². The topological polar surface area (TPSA) is 160 Å². The number of piperidine rings is 1. The number of imide groups is 1. The average molecular weight is 802 g/mol. The summed E-state index contributed by atoms with van der Waals surface area (Å²) in [5.74, 6) is -1.08. The summed E-state index contributed by atoms with van der Waals surface area (Å²) in [6, 6.07) is 11.8. The number of aryl methyl sites for hydroxylation is 1. The van der Waals surface area contributed by atoms with Crippen molar-refractivity contribution < 1.29 is 32.7 Å². The van der Waals surface area contributed by atoms with Crippen LogP contribution in [0.4, 0.5) is 24.5 Å². The third kappa shape index (κ3) is 7.59. The van der Waals surface area contributed by atoms with E-state index in [1.807, 2.05) is 29.1 Å². The highest BCUT2D eigenvalue weighted by Crippen LogP contribution is 2.37. The fourth-order valence-corrected chi connectivity index (χ4v) is 8.82. The van der Waals surface area contributed by atoms with Gasteiger partial charge in [-0.15, -0.1) is 0 Å². The van der Waals surface area contributed by atoms with Gasteiger partial charge in [-0.3, -0.25) is 38.4 Å². The molecule has 0 spiro atoms. The SMILES string of the molecule is Cn1c(=O)n(C2CCC(=O)NC2=O)c2cccc(N3CCN(CC4CCC(n5cc6cc(NC(=O)c7cccc(C(F)(F)F)n7)c(C(C)(C)O)cc6n5)CC4)CC3)c21. The number of benzene rings is 2. The number of nitrogens with one attached hydrogen (secondary N) is 2. The van der Waals surface area contributed by atoms with E-state index in [4.69, 9.17) is 5.10 Å². The van der Waals surface area contributed by atoms with Crippen LogP contribution >= 0.6 is 0 Å². The van der Waals surface area contributed by atoms with Gasteiger partial charge in [0, 0.05) is 69.0 Å². The van der Waals surface area contributed by atoms with Gasteiger partial charge >= 0.3 is 11.9 Å². The Morgan fingerprint density at radius 2 is 1.69 bits per heavy atom. The Hall–Kier alpha value is -5.55. The van der Waals surface area contributed by atoms with Gasteiger partial charge in [-0.2, -0.15) is 18.3 Å². The summed E-state index contributed by atoms with van der Waals surface area (Å²) >= 11 is 0. The van der Waals surface area contributed by atoms with E-state index in [0.29, 0.717) is 22.5 Å². The Labute approximate surface area is 331 Å². The molecule has 17 heteroatoms. The van der Waals surface area contributed by atoms with Crippen molar-refractivity contribution in [2.45, 2.75) is 76.2 Å². The molecule has 1 unspecified atom stereocenters. The molecule has 1 aliphatic carbocycles. The molecule has 5 aromatic rings. The predicted octanol–water partition coefficient (Wildman–Crippen LogP) is 5.11. The minimum Gasteiger partial charge on any atom is -0.386 e. The molecule has 0 bridgehead atoms. The van der Waals surface area contributed by atoms with Crippen molar-refractivity contribution in [2.24, 2.45) is 13.0 Å². The minimum atomic E-state index is -4.70. The number of halogens is 3. The quantitative estimate of drug-likeness (QED) is 0.181. The van der Waals surface area contributed by atoms with Gasteiger partial charge in [0.25, 0.3) is 5.91 Å². The smallest absolute Gasteiger partial charge is 0.386 e. The van der Waals surface area contributed by atoms with Crippen LogP contribution in [0.3, 0.4) is 0 Å². The predicted molar refractivity (Wildman–Crippen MR) is 210 cm³/mol. The number of alkyl halides is 3. The van der Waals surface area contributed by atoms with Crippen molar-refractivity contribution in [2.75, 3.05) is 42.9 Å². The standard InChI is InChI=1S/C41H46F3N9O5/c1-40(2,58)27-21-29-25(20-30(27)46-37(55)28-6-4-9-34(45-28)41(42,43)44)23-52(48-29)26-12-10-24(11-13-26)22-50-16-18-51(19-17-50)31-7-5-8-32-36(31)49(3)39(57)53(32)33-14-15-35(54)47-38(33)56/h4-9,20-21,23-24,26,33,58H,10-19,22H2,1-3H3,(H,46,55)(H,47,54,56). The fourth-order valence-electron chi connectivity index (χ4n) is 8.82.